The molecule has 5 heteroatoms. The molecule has 2 N–H and O–H groups in total. The first-order chi connectivity index (χ1) is 11.2. The molecule has 2 amide bonds. The average Bonchev–Trinajstić information content (AvgIpc) is 3.11. The molecule has 1 aliphatic heterocycles. The van der Waals surface area contributed by atoms with Gasteiger partial charge in [-0.2, -0.15) is 11.3 Å². The van der Waals surface area contributed by atoms with Crippen LogP contribution in [0.1, 0.15) is 63.5 Å². The standard InChI is InChI=1S/C18H29N3OS/c1-14(15-9-12-23-13-15)19-17-7-10-21(11-8-17)18(22)20-16-5-3-2-4-6-16/h9,12-14,16-17,19H,2-8,10-11H2,1H3,(H,20,22). The second kappa shape index (κ2) is 8.15. The van der Waals surface area contributed by atoms with Crippen molar-refractivity contribution in [2.75, 3.05) is 13.1 Å². The zero-order valence-corrected chi connectivity index (χ0v) is 14.9. The first-order valence-corrected chi connectivity index (χ1v) is 10.0. The molecule has 1 atom stereocenters. The van der Waals surface area contributed by atoms with Crippen molar-refractivity contribution in [1.82, 2.24) is 15.5 Å². The van der Waals surface area contributed by atoms with Crippen LogP contribution in [0.25, 0.3) is 0 Å². The third kappa shape index (κ3) is 4.70. The van der Waals surface area contributed by atoms with Gasteiger partial charge in [-0.1, -0.05) is 19.3 Å². The zero-order chi connectivity index (χ0) is 16.1. The van der Waals surface area contributed by atoms with Crippen LogP contribution in [-0.4, -0.2) is 36.1 Å². The lowest BCUT2D eigenvalue weighted by Crippen LogP contribution is -2.51. The van der Waals surface area contributed by atoms with Gasteiger partial charge in [-0.15, -0.1) is 0 Å². The Labute approximate surface area is 143 Å². The van der Waals surface area contributed by atoms with Gasteiger partial charge in [0.2, 0.25) is 0 Å². The van der Waals surface area contributed by atoms with Crippen LogP contribution in [-0.2, 0) is 0 Å². The summed E-state index contributed by atoms with van der Waals surface area (Å²) in [5, 5.41) is 11.3. The molecule has 4 nitrogen and oxygen atoms in total. The van der Waals surface area contributed by atoms with E-state index in [1.165, 1.54) is 24.8 Å². The van der Waals surface area contributed by atoms with Crippen LogP contribution in [0.3, 0.4) is 0 Å². The van der Waals surface area contributed by atoms with Crippen LogP contribution in [0.15, 0.2) is 16.8 Å². The predicted octanol–water partition coefficient (Wildman–Crippen LogP) is 3.91. The number of likely N-dealkylation sites (tertiary alicyclic amines) is 1. The third-order valence-electron chi connectivity index (χ3n) is 5.24. The van der Waals surface area contributed by atoms with Crippen LogP contribution in [0.2, 0.25) is 0 Å². The Bertz CT molecular complexity index is 476. The normalized spacial score (nSPS) is 22.0. The summed E-state index contributed by atoms with van der Waals surface area (Å²) >= 11 is 1.75. The molecular weight excluding hydrogens is 306 g/mol. The first kappa shape index (κ1) is 16.8. The minimum absolute atomic E-state index is 0.154. The average molecular weight is 336 g/mol. The Morgan fingerprint density at radius 1 is 1.17 bits per heavy atom. The smallest absolute Gasteiger partial charge is 0.317 e. The van der Waals surface area contributed by atoms with Gasteiger partial charge in [0, 0.05) is 31.2 Å². The van der Waals surface area contributed by atoms with Crippen LogP contribution in [0.4, 0.5) is 4.79 Å². The molecule has 1 unspecified atom stereocenters. The molecule has 0 spiro atoms. The number of hydrogen-bond acceptors (Lipinski definition) is 3. The number of piperidine rings is 1. The van der Waals surface area contributed by atoms with Gasteiger partial charge >= 0.3 is 6.03 Å². The van der Waals surface area contributed by atoms with Gasteiger partial charge < -0.3 is 15.5 Å². The van der Waals surface area contributed by atoms with E-state index in [-0.39, 0.29) is 6.03 Å². The Morgan fingerprint density at radius 3 is 2.57 bits per heavy atom. The molecule has 0 aromatic carbocycles. The van der Waals surface area contributed by atoms with Crippen molar-refractivity contribution in [3.05, 3.63) is 22.4 Å². The van der Waals surface area contributed by atoms with Crippen molar-refractivity contribution in [3.8, 4) is 0 Å². The molecule has 128 valence electrons. The molecule has 1 aromatic rings. The highest BCUT2D eigenvalue weighted by Gasteiger charge is 2.25. The minimum Gasteiger partial charge on any atom is -0.335 e. The highest BCUT2D eigenvalue weighted by atomic mass is 32.1. The van der Waals surface area contributed by atoms with Gasteiger partial charge in [0.25, 0.3) is 0 Å². The number of rotatable bonds is 4. The number of carbonyl (C=O) groups is 1. The second-order valence-electron chi connectivity index (χ2n) is 6.99. The van der Waals surface area contributed by atoms with E-state index in [1.807, 2.05) is 4.90 Å². The lowest BCUT2D eigenvalue weighted by atomic mass is 9.95. The lowest BCUT2D eigenvalue weighted by molar-refractivity contribution is 0.168. The maximum absolute atomic E-state index is 12.4. The summed E-state index contributed by atoms with van der Waals surface area (Å²) < 4.78 is 0. The van der Waals surface area contributed by atoms with Crippen LogP contribution < -0.4 is 10.6 Å². The fourth-order valence-electron chi connectivity index (χ4n) is 3.73. The summed E-state index contributed by atoms with van der Waals surface area (Å²) in [6.45, 7) is 3.96. The van der Waals surface area contributed by atoms with Gasteiger partial charge in [-0.3, -0.25) is 0 Å². The number of nitrogens with one attached hydrogen (secondary N) is 2. The molecule has 1 saturated carbocycles. The summed E-state index contributed by atoms with van der Waals surface area (Å²) in [6, 6.07) is 3.67. The molecular formula is C18H29N3OS. The van der Waals surface area contributed by atoms with Crippen molar-refractivity contribution in [3.63, 3.8) is 0 Å². The number of thiophene rings is 1. The number of urea groups is 1. The van der Waals surface area contributed by atoms with Gasteiger partial charge in [0.05, 0.1) is 0 Å². The van der Waals surface area contributed by atoms with E-state index < -0.39 is 0 Å². The summed E-state index contributed by atoms with van der Waals surface area (Å²) in [5.74, 6) is 0. The van der Waals surface area contributed by atoms with Gasteiger partial charge in [-0.25, -0.2) is 4.79 Å². The predicted molar refractivity (Wildman–Crippen MR) is 95.9 cm³/mol. The molecule has 2 aliphatic rings. The van der Waals surface area contributed by atoms with Crippen molar-refractivity contribution < 1.29 is 4.79 Å². The summed E-state index contributed by atoms with van der Waals surface area (Å²) in [6.07, 6.45) is 8.25. The highest BCUT2D eigenvalue weighted by molar-refractivity contribution is 7.07. The fourth-order valence-corrected chi connectivity index (χ4v) is 4.49. The Hall–Kier alpha value is -1.07. The molecule has 3 rings (SSSR count). The van der Waals surface area contributed by atoms with E-state index in [4.69, 9.17) is 0 Å². The molecule has 2 fully saturated rings. The fraction of sp³-hybridized carbons (Fsp3) is 0.722. The maximum atomic E-state index is 12.4. The monoisotopic (exact) mass is 335 g/mol. The number of hydrogen-bond donors (Lipinski definition) is 2. The molecule has 23 heavy (non-hydrogen) atoms. The molecule has 1 aromatic heterocycles. The largest absolute Gasteiger partial charge is 0.335 e. The van der Waals surface area contributed by atoms with Crippen molar-refractivity contribution >= 4 is 17.4 Å². The molecule has 2 heterocycles. The summed E-state index contributed by atoms with van der Waals surface area (Å²) in [4.78, 5) is 14.4. The van der Waals surface area contributed by atoms with Gasteiger partial charge in [0.15, 0.2) is 0 Å². The van der Waals surface area contributed by atoms with Crippen molar-refractivity contribution in [2.24, 2.45) is 0 Å². The topological polar surface area (TPSA) is 44.4 Å². The quantitative estimate of drug-likeness (QED) is 0.876. The van der Waals surface area contributed by atoms with Crippen molar-refractivity contribution in [1.29, 1.82) is 0 Å². The highest BCUT2D eigenvalue weighted by Crippen LogP contribution is 2.20. The Kier molecular flexibility index (Phi) is 5.95. The lowest BCUT2D eigenvalue weighted by Gasteiger charge is -2.35. The second-order valence-corrected chi connectivity index (χ2v) is 7.77. The van der Waals surface area contributed by atoms with E-state index in [2.05, 4.69) is 34.4 Å². The number of amides is 2. The molecule has 0 bridgehead atoms. The van der Waals surface area contributed by atoms with E-state index >= 15 is 0 Å². The zero-order valence-electron chi connectivity index (χ0n) is 14.1. The van der Waals surface area contributed by atoms with Crippen LogP contribution in [0.5, 0.6) is 0 Å². The Morgan fingerprint density at radius 2 is 1.91 bits per heavy atom. The maximum Gasteiger partial charge on any atom is 0.317 e. The molecule has 1 saturated heterocycles. The number of nitrogens with zero attached hydrogens (tertiary/aromatic N) is 1. The van der Waals surface area contributed by atoms with Gasteiger partial charge in [0.1, 0.15) is 0 Å². The number of carbonyl (C=O) groups excluding carboxylic acids is 1. The van der Waals surface area contributed by atoms with Crippen LogP contribution >= 0.6 is 11.3 Å². The SMILES string of the molecule is CC(NC1CCN(C(=O)NC2CCCCC2)CC1)c1ccsc1. The summed E-state index contributed by atoms with van der Waals surface area (Å²) in [7, 11) is 0. The van der Waals surface area contributed by atoms with E-state index in [9.17, 15) is 4.79 Å². The Balaban J connectivity index is 1.40. The van der Waals surface area contributed by atoms with Crippen molar-refractivity contribution in [2.45, 2.75) is 70.0 Å². The molecule has 1 aliphatic carbocycles. The molecule has 0 radical (unpaired) electrons. The van der Waals surface area contributed by atoms with Crippen LogP contribution in [0, 0.1) is 0 Å². The minimum atomic E-state index is 0.154. The first-order valence-electron chi connectivity index (χ1n) is 9.06. The van der Waals surface area contributed by atoms with E-state index in [1.54, 1.807) is 11.3 Å². The summed E-state index contributed by atoms with van der Waals surface area (Å²) in [5.41, 5.74) is 1.37. The van der Waals surface area contributed by atoms with E-state index in [0.717, 1.165) is 38.8 Å². The third-order valence-corrected chi connectivity index (χ3v) is 5.95. The van der Waals surface area contributed by atoms with E-state index in [0.29, 0.717) is 18.1 Å². The van der Waals surface area contributed by atoms with Gasteiger partial charge in [-0.05, 0) is 55.0 Å².